The molecule has 1 atom stereocenters. The summed E-state index contributed by atoms with van der Waals surface area (Å²) in [5.41, 5.74) is 2.39. The minimum absolute atomic E-state index is 0.117. The molecule has 0 spiro atoms. The largest absolute Gasteiger partial charge is 0.468 e. The fourth-order valence-corrected chi connectivity index (χ4v) is 5.66. The monoisotopic (exact) mass is 476 g/mol. The van der Waals surface area contributed by atoms with Gasteiger partial charge in [0.05, 0.1) is 10.6 Å². The standard InChI is InChI=1S/C29H32O4S/c1-20(2)22-5-7-27-18-29(12-10-25(27)15-22)34(30,31)14-13-21(3)23-6-8-26-17-28(33-19-32-4)11-9-24(26)16-23/h5-12,15-18,20-21H,13-14,19H2,1-4H3. The van der Waals surface area contributed by atoms with Crippen molar-refractivity contribution in [3.05, 3.63) is 83.9 Å². The summed E-state index contributed by atoms with van der Waals surface area (Å²) in [4.78, 5) is 0.395. The Morgan fingerprint density at radius 2 is 1.32 bits per heavy atom. The second kappa shape index (κ2) is 10.2. The van der Waals surface area contributed by atoms with Crippen molar-refractivity contribution in [3.8, 4) is 5.75 Å². The molecule has 0 fully saturated rings. The molecule has 4 nitrogen and oxygen atoms in total. The molecule has 0 amide bonds. The molecule has 0 saturated carbocycles. The molecule has 1 unspecified atom stereocenters. The Labute approximate surface area is 202 Å². The predicted octanol–water partition coefficient (Wildman–Crippen LogP) is 7.07. The van der Waals surface area contributed by atoms with Gasteiger partial charge < -0.3 is 9.47 Å². The van der Waals surface area contributed by atoms with Gasteiger partial charge >= 0.3 is 0 Å². The fraction of sp³-hybridized carbons (Fsp3) is 0.310. The van der Waals surface area contributed by atoms with Gasteiger partial charge in [-0.05, 0) is 75.2 Å². The lowest BCUT2D eigenvalue weighted by molar-refractivity contribution is 0.0512. The van der Waals surface area contributed by atoms with Gasteiger partial charge in [0.15, 0.2) is 16.6 Å². The molecule has 0 saturated heterocycles. The summed E-state index contributed by atoms with van der Waals surface area (Å²) in [5, 5.41) is 4.22. The molecule has 0 aromatic heterocycles. The molecule has 0 bridgehead atoms. The lowest BCUT2D eigenvalue weighted by atomic mass is 9.96. The number of rotatable bonds is 9. The van der Waals surface area contributed by atoms with Gasteiger partial charge in [0.2, 0.25) is 0 Å². The van der Waals surface area contributed by atoms with E-state index in [2.05, 4.69) is 51.1 Å². The molecule has 0 aliphatic heterocycles. The van der Waals surface area contributed by atoms with Crippen LogP contribution in [0.5, 0.6) is 5.75 Å². The number of sulfone groups is 1. The van der Waals surface area contributed by atoms with Gasteiger partial charge in [-0.2, -0.15) is 0 Å². The van der Waals surface area contributed by atoms with E-state index in [1.165, 1.54) is 5.56 Å². The molecule has 0 N–H and O–H groups in total. The first-order valence-corrected chi connectivity index (χ1v) is 13.3. The predicted molar refractivity (Wildman–Crippen MR) is 140 cm³/mol. The molecule has 0 aliphatic carbocycles. The van der Waals surface area contributed by atoms with Crippen LogP contribution in [-0.2, 0) is 14.6 Å². The SMILES string of the molecule is COCOc1ccc2cc(C(C)CCS(=O)(=O)c3ccc4cc(C(C)C)ccc4c3)ccc2c1. The van der Waals surface area contributed by atoms with Crippen LogP contribution >= 0.6 is 0 Å². The Morgan fingerprint density at radius 3 is 2.03 bits per heavy atom. The van der Waals surface area contributed by atoms with Crippen molar-refractivity contribution >= 4 is 31.4 Å². The molecule has 34 heavy (non-hydrogen) atoms. The Kier molecular flexibility index (Phi) is 7.24. The number of benzene rings is 4. The van der Waals surface area contributed by atoms with Crippen LogP contribution in [0, 0.1) is 0 Å². The van der Waals surface area contributed by atoms with E-state index in [-0.39, 0.29) is 18.5 Å². The van der Waals surface area contributed by atoms with E-state index < -0.39 is 9.84 Å². The van der Waals surface area contributed by atoms with Gasteiger partial charge in [-0.1, -0.05) is 69.3 Å². The molecule has 178 valence electrons. The summed E-state index contributed by atoms with van der Waals surface area (Å²) in [7, 11) is -1.77. The third-order valence-electron chi connectivity index (χ3n) is 6.43. The van der Waals surface area contributed by atoms with Gasteiger partial charge in [-0.3, -0.25) is 0 Å². The molecular weight excluding hydrogens is 444 g/mol. The van der Waals surface area contributed by atoms with Gasteiger partial charge in [-0.15, -0.1) is 0 Å². The number of fused-ring (bicyclic) bond motifs is 2. The second-order valence-corrected chi connectivity index (χ2v) is 11.4. The average Bonchev–Trinajstić information content (AvgIpc) is 2.84. The zero-order valence-corrected chi connectivity index (χ0v) is 21.1. The number of hydrogen-bond donors (Lipinski definition) is 0. The Balaban J connectivity index is 1.47. The summed E-state index contributed by atoms with van der Waals surface area (Å²) in [6, 6.07) is 23.9. The Bertz CT molecular complexity index is 1410. The number of ether oxygens (including phenoxy) is 2. The highest BCUT2D eigenvalue weighted by molar-refractivity contribution is 7.91. The maximum absolute atomic E-state index is 13.1. The molecule has 4 aromatic rings. The van der Waals surface area contributed by atoms with Crippen LogP contribution in [0.25, 0.3) is 21.5 Å². The van der Waals surface area contributed by atoms with Crippen LogP contribution in [0.2, 0.25) is 0 Å². The van der Waals surface area contributed by atoms with Crippen molar-refractivity contribution in [1.29, 1.82) is 0 Å². The van der Waals surface area contributed by atoms with Crippen molar-refractivity contribution in [3.63, 3.8) is 0 Å². The summed E-state index contributed by atoms with van der Waals surface area (Å²) >= 11 is 0. The Morgan fingerprint density at radius 1 is 0.735 bits per heavy atom. The normalized spacial score (nSPS) is 13.0. The minimum Gasteiger partial charge on any atom is -0.468 e. The zero-order valence-electron chi connectivity index (χ0n) is 20.2. The highest BCUT2D eigenvalue weighted by Crippen LogP contribution is 2.29. The van der Waals surface area contributed by atoms with Crippen molar-refractivity contribution in [2.24, 2.45) is 0 Å². The van der Waals surface area contributed by atoms with Crippen LogP contribution < -0.4 is 4.74 Å². The molecule has 0 aliphatic rings. The summed E-state index contributed by atoms with van der Waals surface area (Å²) in [6.07, 6.45) is 0.563. The Hall–Kier alpha value is -2.89. The van der Waals surface area contributed by atoms with Crippen molar-refractivity contribution in [1.82, 2.24) is 0 Å². The minimum atomic E-state index is -3.37. The van der Waals surface area contributed by atoms with E-state index in [0.29, 0.717) is 17.2 Å². The number of methoxy groups -OCH3 is 1. The highest BCUT2D eigenvalue weighted by Gasteiger charge is 2.18. The third-order valence-corrected chi connectivity index (χ3v) is 8.17. The lowest BCUT2D eigenvalue weighted by Gasteiger charge is -2.14. The van der Waals surface area contributed by atoms with E-state index in [0.717, 1.165) is 32.9 Å². The smallest absolute Gasteiger partial charge is 0.188 e. The first-order chi connectivity index (χ1) is 16.3. The maximum Gasteiger partial charge on any atom is 0.188 e. The molecule has 0 radical (unpaired) electrons. The zero-order chi connectivity index (χ0) is 24.3. The van der Waals surface area contributed by atoms with Gasteiger partial charge in [0, 0.05) is 7.11 Å². The van der Waals surface area contributed by atoms with Gasteiger partial charge in [0.25, 0.3) is 0 Å². The van der Waals surface area contributed by atoms with Crippen LogP contribution in [0.3, 0.4) is 0 Å². The van der Waals surface area contributed by atoms with Crippen LogP contribution in [0.1, 0.15) is 50.2 Å². The van der Waals surface area contributed by atoms with Crippen molar-refractivity contribution in [2.45, 2.75) is 43.9 Å². The second-order valence-electron chi connectivity index (χ2n) is 9.25. The fourth-order valence-electron chi connectivity index (χ4n) is 4.18. The van der Waals surface area contributed by atoms with Gasteiger partial charge in [-0.25, -0.2) is 8.42 Å². The number of hydrogen-bond acceptors (Lipinski definition) is 4. The maximum atomic E-state index is 13.1. The molecule has 4 rings (SSSR count). The van der Waals surface area contributed by atoms with Crippen molar-refractivity contribution < 1.29 is 17.9 Å². The summed E-state index contributed by atoms with van der Waals surface area (Å²) in [6.45, 7) is 6.61. The van der Waals surface area contributed by atoms with E-state index in [1.807, 2.05) is 30.3 Å². The first kappa shape index (κ1) is 24.2. The van der Waals surface area contributed by atoms with Gasteiger partial charge in [0.1, 0.15) is 5.75 Å². The molecule has 4 aromatic carbocycles. The lowest BCUT2D eigenvalue weighted by Crippen LogP contribution is -2.09. The van der Waals surface area contributed by atoms with Crippen LogP contribution in [-0.4, -0.2) is 28.1 Å². The summed E-state index contributed by atoms with van der Waals surface area (Å²) in [5.74, 6) is 1.44. The highest BCUT2D eigenvalue weighted by atomic mass is 32.2. The molecule has 5 heteroatoms. The average molecular weight is 477 g/mol. The van der Waals surface area contributed by atoms with Crippen molar-refractivity contribution in [2.75, 3.05) is 19.7 Å². The molecule has 0 heterocycles. The van der Waals surface area contributed by atoms with Crippen LogP contribution in [0.4, 0.5) is 0 Å². The first-order valence-electron chi connectivity index (χ1n) is 11.7. The molecular formula is C29H32O4S. The van der Waals surface area contributed by atoms with E-state index in [9.17, 15) is 8.42 Å². The third kappa shape index (κ3) is 5.43. The quantitative estimate of drug-likeness (QED) is 0.243. The van der Waals surface area contributed by atoms with E-state index in [1.54, 1.807) is 19.2 Å². The van der Waals surface area contributed by atoms with Crippen LogP contribution in [0.15, 0.2) is 77.7 Å². The topological polar surface area (TPSA) is 52.6 Å². The van der Waals surface area contributed by atoms with E-state index in [4.69, 9.17) is 9.47 Å². The van der Waals surface area contributed by atoms with E-state index >= 15 is 0 Å². The summed E-state index contributed by atoms with van der Waals surface area (Å²) < 4.78 is 36.7.